The van der Waals surface area contributed by atoms with Crippen LogP contribution in [0.3, 0.4) is 0 Å². The van der Waals surface area contributed by atoms with Gasteiger partial charge in [-0.25, -0.2) is 4.98 Å². The lowest BCUT2D eigenvalue weighted by atomic mass is 10.1. The molecule has 1 unspecified atom stereocenters. The number of nitrogens with zero attached hydrogens (tertiary/aromatic N) is 2. The van der Waals surface area contributed by atoms with E-state index in [0.717, 1.165) is 17.3 Å². The zero-order valence-corrected chi connectivity index (χ0v) is 16.1. The van der Waals surface area contributed by atoms with Crippen LogP contribution < -0.4 is 5.32 Å². The average Bonchev–Trinajstić information content (AvgIpc) is 3.32. The molecule has 3 aromatic rings. The van der Waals surface area contributed by atoms with Crippen molar-refractivity contribution in [3.05, 3.63) is 71.4 Å². The highest BCUT2D eigenvalue weighted by Crippen LogP contribution is 2.30. The number of furan rings is 1. The number of alkyl halides is 3. The highest BCUT2D eigenvalue weighted by molar-refractivity contribution is 7.98. The molecule has 0 aliphatic carbocycles. The molecule has 0 saturated heterocycles. The quantitative estimate of drug-likeness (QED) is 0.563. The molecule has 0 radical (unpaired) electrons. The van der Waals surface area contributed by atoms with Gasteiger partial charge in [0.05, 0.1) is 17.4 Å². The number of carbonyl (C=O) groups is 1. The Morgan fingerprint density at radius 2 is 2.14 bits per heavy atom. The van der Waals surface area contributed by atoms with Crippen molar-refractivity contribution in [3.63, 3.8) is 0 Å². The number of aromatic nitrogens is 2. The number of imidazole rings is 1. The van der Waals surface area contributed by atoms with Crippen molar-refractivity contribution in [2.75, 3.05) is 6.54 Å². The maximum absolute atomic E-state index is 12.8. The van der Waals surface area contributed by atoms with Gasteiger partial charge in [0.2, 0.25) is 0 Å². The van der Waals surface area contributed by atoms with Gasteiger partial charge in [0.15, 0.2) is 10.9 Å². The third-order valence-electron chi connectivity index (χ3n) is 4.06. The van der Waals surface area contributed by atoms with Crippen LogP contribution in [0.15, 0.2) is 58.4 Å². The third kappa shape index (κ3) is 5.42. The first-order valence-electron chi connectivity index (χ1n) is 8.56. The predicted octanol–water partition coefficient (Wildman–Crippen LogP) is 3.79. The maximum atomic E-state index is 12.8. The second-order valence-electron chi connectivity index (χ2n) is 6.22. The lowest BCUT2D eigenvalue weighted by Gasteiger charge is -2.14. The summed E-state index contributed by atoms with van der Waals surface area (Å²) in [6.45, 7) is -0.252. The van der Waals surface area contributed by atoms with Gasteiger partial charge in [-0.3, -0.25) is 4.79 Å². The minimum atomic E-state index is -4.50. The number of nitrogens with one attached hydrogen (secondary N) is 1. The number of thioether (sulfide) groups is 1. The van der Waals surface area contributed by atoms with Crippen molar-refractivity contribution in [1.29, 1.82) is 0 Å². The van der Waals surface area contributed by atoms with E-state index in [0.29, 0.717) is 11.5 Å². The summed E-state index contributed by atoms with van der Waals surface area (Å²) in [4.78, 5) is 16.4. The fourth-order valence-electron chi connectivity index (χ4n) is 2.52. The SMILES string of the molecule is Cn1ccnc1SCc1ccc(C(=O)NCC(O)c2cccc(C(F)(F)F)c2)o1. The summed E-state index contributed by atoms with van der Waals surface area (Å²) in [5.41, 5.74) is -0.798. The Hall–Kier alpha value is -2.72. The van der Waals surface area contributed by atoms with Crippen LogP contribution in [-0.4, -0.2) is 27.1 Å². The van der Waals surface area contributed by atoms with Gasteiger partial charge < -0.3 is 19.4 Å². The van der Waals surface area contributed by atoms with E-state index < -0.39 is 23.8 Å². The molecule has 6 nitrogen and oxygen atoms in total. The molecular weight excluding hydrogens is 407 g/mol. The van der Waals surface area contributed by atoms with E-state index in [9.17, 15) is 23.1 Å². The highest BCUT2D eigenvalue weighted by Gasteiger charge is 2.30. The molecular formula is C19H18F3N3O3S. The van der Waals surface area contributed by atoms with Gasteiger partial charge in [0.25, 0.3) is 5.91 Å². The molecule has 0 bridgehead atoms. The summed E-state index contributed by atoms with van der Waals surface area (Å²) in [6, 6.07) is 7.51. The predicted molar refractivity (Wildman–Crippen MR) is 100 cm³/mol. The molecule has 10 heteroatoms. The Balaban J connectivity index is 1.54. The first-order valence-corrected chi connectivity index (χ1v) is 9.55. The molecule has 154 valence electrons. The van der Waals surface area contributed by atoms with E-state index in [-0.39, 0.29) is 17.9 Å². The number of halogens is 3. The number of amides is 1. The normalized spacial score (nSPS) is 12.7. The minimum absolute atomic E-state index is 0.0525. The fourth-order valence-corrected chi connectivity index (χ4v) is 3.35. The van der Waals surface area contributed by atoms with Gasteiger partial charge in [-0.15, -0.1) is 0 Å². The monoisotopic (exact) mass is 425 g/mol. The van der Waals surface area contributed by atoms with Crippen molar-refractivity contribution < 1.29 is 27.5 Å². The van der Waals surface area contributed by atoms with E-state index in [1.165, 1.54) is 30.0 Å². The first kappa shape index (κ1) is 21.0. The Labute approximate surface area is 168 Å². The number of rotatable bonds is 7. The van der Waals surface area contributed by atoms with Crippen molar-refractivity contribution in [2.45, 2.75) is 23.2 Å². The number of aryl methyl sites for hydroxylation is 1. The highest BCUT2D eigenvalue weighted by atomic mass is 32.2. The van der Waals surface area contributed by atoms with Crippen LogP contribution in [-0.2, 0) is 19.0 Å². The van der Waals surface area contributed by atoms with Gasteiger partial charge in [-0.1, -0.05) is 23.9 Å². The number of benzene rings is 1. The van der Waals surface area contributed by atoms with E-state index >= 15 is 0 Å². The lowest BCUT2D eigenvalue weighted by Crippen LogP contribution is -2.28. The van der Waals surface area contributed by atoms with E-state index in [1.54, 1.807) is 12.3 Å². The topological polar surface area (TPSA) is 80.3 Å². The van der Waals surface area contributed by atoms with Crippen LogP contribution in [0.2, 0.25) is 0 Å². The molecule has 2 N–H and O–H groups in total. The Morgan fingerprint density at radius 1 is 1.34 bits per heavy atom. The molecule has 0 spiro atoms. The molecule has 2 aromatic heterocycles. The zero-order chi connectivity index (χ0) is 21.0. The molecule has 29 heavy (non-hydrogen) atoms. The molecule has 2 heterocycles. The van der Waals surface area contributed by atoms with Gasteiger partial charge >= 0.3 is 6.18 Å². The number of aliphatic hydroxyl groups is 1. The second-order valence-corrected chi connectivity index (χ2v) is 7.17. The minimum Gasteiger partial charge on any atom is -0.455 e. The van der Waals surface area contributed by atoms with Gasteiger partial charge in [0.1, 0.15) is 5.76 Å². The van der Waals surface area contributed by atoms with Crippen molar-refractivity contribution in [2.24, 2.45) is 7.05 Å². The molecule has 0 saturated carbocycles. The summed E-state index contributed by atoms with van der Waals surface area (Å²) in [7, 11) is 1.87. The summed E-state index contributed by atoms with van der Waals surface area (Å²) in [6.07, 6.45) is -2.29. The second kappa shape index (κ2) is 8.75. The molecule has 0 fully saturated rings. The smallest absolute Gasteiger partial charge is 0.416 e. The summed E-state index contributed by atoms with van der Waals surface area (Å²) < 4.78 is 45.7. The van der Waals surface area contributed by atoms with Crippen molar-refractivity contribution in [3.8, 4) is 0 Å². The van der Waals surface area contributed by atoms with E-state index in [1.807, 2.05) is 17.8 Å². The fraction of sp³-hybridized carbons (Fsp3) is 0.263. The van der Waals surface area contributed by atoms with E-state index in [2.05, 4.69) is 10.3 Å². The Morgan fingerprint density at radius 3 is 2.83 bits per heavy atom. The standard InChI is InChI=1S/C19H18F3N3O3S/c1-25-8-7-23-18(25)29-11-14-5-6-16(28-14)17(27)24-10-15(26)12-3-2-4-13(9-12)19(20,21)22/h2-9,15,26H,10-11H2,1H3,(H,24,27). The summed E-state index contributed by atoms with van der Waals surface area (Å²) in [5.74, 6) is 0.535. The molecule has 1 amide bonds. The number of hydrogen-bond donors (Lipinski definition) is 2. The number of carbonyl (C=O) groups excluding carboxylic acids is 1. The van der Waals surface area contributed by atoms with E-state index in [4.69, 9.17) is 4.42 Å². The Kier molecular flexibility index (Phi) is 6.33. The number of hydrogen-bond acceptors (Lipinski definition) is 5. The van der Waals surface area contributed by atoms with Gasteiger partial charge in [-0.2, -0.15) is 13.2 Å². The van der Waals surface area contributed by atoms with Crippen LogP contribution in [0.1, 0.15) is 33.5 Å². The molecule has 1 atom stereocenters. The van der Waals surface area contributed by atoms with Crippen LogP contribution >= 0.6 is 11.8 Å². The molecule has 0 aliphatic rings. The number of aliphatic hydroxyl groups excluding tert-OH is 1. The van der Waals surface area contributed by atoms with Gasteiger partial charge in [0, 0.05) is 26.0 Å². The average molecular weight is 425 g/mol. The third-order valence-corrected chi connectivity index (χ3v) is 5.14. The van der Waals surface area contributed by atoms with Crippen LogP contribution in [0.4, 0.5) is 13.2 Å². The first-order chi connectivity index (χ1) is 13.7. The largest absolute Gasteiger partial charge is 0.455 e. The Bertz CT molecular complexity index is 984. The van der Waals surface area contributed by atoms with Crippen LogP contribution in [0.25, 0.3) is 0 Å². The summed E-state index contributed by atoms with van der Waals surface area (Å²) in [5, 5.41) is 13.4. The molecule has 3 rings (SSSR count). The van der Waals surface area contributed by atoms with Crippen molar-refractivity contribution >= 4 is 17.7 Å². The molecule has 0 aliphatic heterocycles. The van der Waals surface area contributed by atoms with Crippen molar-refractivity contribution in [1.82, 2.24) is 14.9 Å². The van der Waals surface area contributed by atoms with Gasteiger partial charge in [-0.05, 0) is 29.8 Å². The van der Waals surface area contributed by atoms with Crippen LogP contribution in [0.5, 0.6) is 0 Å². The lowest BCUT2D eigenvalue weighted by molar-refractivity contribution is -0.137. The molecule has 1 aromatic carbocycles. The zero-order valence-electron chi connectivity index (χ0n) is 15.3. The maximum Gasteiger partial charge on any atom is 0.416 e. The van der Waals surface area contributed by atoms with Crippen LogP contribution in [0, 0.1) is 0 Å². The summed E-state index contributed by atoms with van der Waals surface area (Å²) >= 11 is 1.45.